The Labute approximate surface area is 159 Å². The van der Waals surface area contributed by atoms with Crippen molar-refractivity contribution in [3.05, 3.63) is 71.2 Å². The SMILES string of the molecule is COC(=O)Cn1cc(/C=N/NC(=O)c2ccc(C#N)cc2F)c2ccccc21. The van der Waals surface area contributed by atoms with E-state index in [-0.39, 0.29) is 17.7 Å². The number of amides is 1. The first-order valence-corrected chi connectivity index (χ1v) is 8.21. The van der Waals surface area contributed by atoms with E-state index in [1.54, 1.807) is 16.8 Å². The molecule has 0 spiro atoms. The fraction of sp³-hybridized carbons (Fsp3) is 0.100. The number of halogens is 1. The zero-order chi connectivity index (χ0) is 20.1. The lowest BCUT2D eigenvalue weighted by atomic mass is 10.1. The maximum atomic E-state index is 13.9. The van der Waals surface area contributed by atoms with E-state index in [0.717, 1.165) is 17.0 Å². The van der Waals surface area contributed by atoms with E-state index in [0.29, 0.717) is 5.56 Å². The molecule has 0 fully saturated rings. The fourth-order valence-electron chi connectivity index (χ4n) is 2.70. The van der Waals surface area contributed by atoms with Gasteiger partial charge in [0.15, 0.2) is 0 Å². The molecular formula is C20H15FN4O3. The van der Waals surface area contributed by atoms with E-state index in [4.69, 9.17) is 10.00 Å². The lowest BCUT2D eigenvalue weighted by Gasteiger charge is -2.02. The molecule has 3 aromatic rings. The molecule has 0 aliphatic rings. The Balaban J connectivity index is 1.81. The van der Waals surface area contributed by atoms with Crippen molar-refractivity contribution >= 4 is 29.0 Å². The zero-order valence-corrected chi connectivity index (χ0v) is 14.8. The predicted molar refractivity (Wildman–Crippen MR) is 100 cm³/mol. The van der Waals surface area contributed by atoms with E-state index >= 15 is 0 Å². The maximum Gasteiger partial charge on any atom is 0.325 e. The van der Waals surface area contributed by atoms with Gasteiger partial charge in [-0.3, -0.25) is 9.59 Å². The minimum Gasteiger partial charge on any atom is -0.468 e. The molecule has 0 aliphatic heterocycles. The van der Waals surface area contributed by atoms with Crippen molar-refractivity contribution in [2.45, 2.75) is 6.54 Å². The number of carbonyl (C=O) groups is 2. The molecule has 2 aromatic carbocycles. The highest BCUT2D eigenvalue weighted by Crippen LogP contribution is 2.20. The minimum absolute atomic E-state index is 0.0354. The molecule has 0 unspecified atom stereocenters. The first-order valence-electron chi connectivity index (χ1n) is 8.21. The third kappa shape index (κ3) is 3.88. The van der Waals surface area contributed by atoms with E-state index in [9.17, 15) is 14.0 Å². The average Bonchev–Trinajstić information content (AvgIpc) is 3.05. The molecule has 1 N–H and O–H groups in total. The molecule has 28 heavy (non-hydrogen) atoms. The topological polar surface area (TPSA) is 96.5 Å². The molecular weight excluding hydrogens is 363 g/mol. The number of benzene rings is 2. The van der Waals surface area contributed by atoms with Gasteiger partial charge in [0.1, 0.15) is 12.4 Å². The lowest BCUT2D eigenvalue weighted by Crippen LogP contribution is -2.19. The van der Waals surface area contributed by atoms with Gasteiger partial charge in [-0.2, -0.15) is 10.4 Å². The summed E-state index contributed by atoms with van der Waals surface area (Å²) >= 11 is 0. The van der Waals surface area contributed by atoms with Crippen LogP contribution in [0.1, 0.15) is 21.5 Å². The van der Waals surface area contributed by atoms with Gasteiger partial charge in [-0.1, -0.05) is 18.2 Å². The van der Waals surface area contributed by atoms with Crippen LogP contribution in [-0.2, 0) is 16.1 Å². The first-order chi connectivity index (χ1) is 13.5. The maximum absolute atomic E-state index is 13.9. The van der Waals surface area contributed by atoms with E-state index in [1.807, 2.05) is 24.3 Å². The molecule has 7 nitrogen and oxygen atoms in total. The van der Waals surface area contributed by atoms with Gasteiger partial charge in [0.25, 0.3) is 5.91 Å². The number of hydrogen-bond donors (Lipinski definition) is 1. The number of methoxy groups -OCH3 is 1. The number of fused-ring (bicyclic) bond motifs is 1. The van der Waals surface area contributed by atoms with Crippen LogP contribution in [0.3, 0.4) is 0 Å². The molecule has 1 aromatic heterocycles. The zero-order valence-electron chi connectivity index (χ0n) is 14.8. The number of hydrazone groups is 1. The Hall–Kier alpha value is -3.99. The monoisotopic (exact) mass is 378 g/mol. The highest BCUT2D eigenvalue weighted by Gasteiger charge is 2.12. The quantitative estimate of drug-likeness (QED) is 0.419. The van der Waals surface area contributed by atoms with Crippen LogP contribution in [0, 0.1) is 17.1 Å². The van der Waals surface area contributed by atoms with E-state index < -0.39 is 17.7 Å². The summed E-state index contributed by atoms with van der Waals surface area (Å²) in [6.45, 7) is 0.0354. The molecule has 1 amide bonds. The van der Waals surface area contributed by atoms with Crippen LogP contribution < -0.4 is 5.43 Å². The number of ether oxygens (including phenoxy) is 1. The molecule has 0 atom stereocenters. The smallest absolute Gasteiger partial charge is 0.325 e. The molecule has 0 bridgehead atoms. The highest BCUT2D eigenvalue weighted by molar-refractivity contribution is 6.01. The average molecular weight is 378 g/mol. The largest absolute Gasteiger partial charge is 0.468 e. The van der Waals surface area contributed by atoms with Crippen molar-refractivity contribution in [3.63, 3.8) is 0 Å². The van der Waals surface area contributed by atoms with Gasteiger partial charge in [0.05, 0.1) is 30.5 Å². The van der Waals surface area contributed by atoms with Gasteiger partial charge in [0, 0.05) is 22.7 Å². The Morgan fingerprint density at radius 1 is 1.32 bits per heavy atom. The first kappa shape index (κ1) is 18.8. The molecule has 8 heteroatoms. The number of nitrogens with one attached hydrogen (secondary N) is 1. The molecule has 140 valence electrons. The Morgan fingerprint density at radius 3 is 2.82 bits per heavy atom. The van der Waals surface area contributed by atoms with Gasteiger partial charge >= 0.3 is 5.97 Å². The van der Waals surface area contributed by atoms with E-state index in [2.05, 4.69) is 10.5 Å². The molecule has 0 saturated heterocycles. The summed E-state index contributed by atoms with van der Waals surface area (Å²) in [5, 5.41) is 13.5. The van der Waals surface area contributed by atoms with Gasteiger partial charge in [-0.15, -0.1) is 0 Å². The molecule has 0 radical (unpaired) electrons. The van der Waals surface area contributed by atoms with Crippen molar-refractivity contribution in [2.75, 3.05) is 7.11 Å². The molecule has 0 saturated carbocycles. The number of hydrogen-bond acceptors (Lipinski definition) is 5. The third-order valence-corrected chi connectivity index (χ3v) is 4.06. The van der Waals surface area contributed by atoms with Crippen LogP contribution in [0.2, 0.25) is 0 Å². The van der Waals surface area contributed by atoms with Gasteiger partial charge in [0.2, 0.25) is 0 Å². The van der Waals surface area contributed by atoms with Gasteiger partial charge < -0.3 is 9.30 Å². The lowest BCUT2D eigenvalue weighted by molar-refractivity contribution is -0.141. The Morgan fingerprint density at radius 2 is 2.11 bits per heavy atom. The third-order valence-electron chi connectivity index (χ3n) is 4.06. The minimum atomic E-state index is -0.804. The number of aromatic nitrogens is 1. The van der Waals surface area contributed by atoms with Crippen molar-refractivity contribution in [1.29, 1.82) is 5.26 Å². The van der Waals surface area contributed by atoms with Crippen LogP contribution >= 0.6 is 0 Å². The second-order valence-corrected chi connectivity index (χ2v) is 5.81. The summed E-state index contributed by atoms with van der Waals surface area (Å²) in [4.78, 5) is 23.7. The summed E-state index contributed by atoms with van der Waals surface area (Å²) in [5.41, 5.74) is 3.63. The molecule has 1 heterocycles. The normalized spacial score (nSPS) is 10.8. The number of carbonyl (C=O) groups excluding carboxylic acids is 2. The second kappa shape index (κ2) is 8.14. The number of nitriles is 1. The van der Waals surface area contributed by atoms with Crippen molar-refractivity contribution in [3.8, 4) is 6.07 Å². The standard InChI is InChI=1S/C20H15FN4O3/c1-28-19(26)12-25-11-14(15-4-2-3-5-18(15)25)10-23-24-20(27)16-7-6-13(9-22)8-17(16)21/h2-8,10-11H,12H2,1H3,(H,24,27)/b23-10+. The van der Waals surface area contributed by atoms with Crippen molar-refractivity contribution < 1.29 is 18.7 Å². The fourth-order valence-corrected chi connectivity index (χ4v) is 2.70. The summed E-state index contributed by atoms with van der Waals surface area (Å²) in [7, 11) is 1.31. The molecule has 3 rings (SSSR count). The highest BCUT2D eigenvalue weighted by atomic mass is 19.1. The van der Waals surface area contributed by atoms with Gasteiger partial charge in [-0.05, 0) is 24.3 Å². The predicted octanol–water partition coefficient (Wildman–Crippen LogP) is 2.59. The summed E-state index contributed by atoms with van der Waals surface area (Å²) in [6, 6.07) is 12.7. The van der Waals surface area contributed by atoms with Crippen molar-refractivity contribution in [1.82, 2.24) is 9.99 Å². The van der Waals surface area contributed by atoms with Crippen LogP contribution in [0.4, 0.5) is 4.39 Å². The second-order valence-electron chi connectivity index (χ2n) is 5.81. The van der Waals surface area contributed by atoms with Crippen LogP contribution in [0.15, 0.2) is 53.8 Å². The Bertz CT molecular complexity index is 1130. The van der Waals surface area contributed by atoms with Crippen LogP contribution in [-0.4, -0.2) is 29.8 Å². The van der Waals surface area contributed by atoms with Crippen LogP contribution in [0.25, 0.3) is 10.9 Å². The van der Waals surface area contributed by atoms with E-state index in [1.165, 1.54) is 25.5 Å². The number of para-hydroxylation sites is 1. The summed E-state index contributed by atoms with van der Waals surface area (Å²) < 4.78 is 20.3. The summed E-state index contributed by atoms with van der Waals surface area (Å²) in [6.07, 6.45) is 3.12. The number of rotatable bonds is 5. The Kier molecular flexibility index (Phi) is 5.46. The number of nitrogens with zero attached hydrogens (tertiary/aromatic N) is 3. The summed E-state index contributed by atoms with van der Waals surface area (Å²) in [5.74, 6) is -1.94. The van der Waals surface area contributed by atoms with Crippen LogP contribution in [0.5, 0.6) is 0 Å². The van der Waals surface area contributed by atoms with Gasteiger partial charge in [-0.25, -0.2) is 9.82 Å². The number of esters is 1. The molecule has 0 aliphatic carbocycles. The van der Waals surface area contributed by atoms with Crippen molar-refractivity contribution in [2.24, 2.45) is 5.10 Å².